The molecular weight excluding hydrogens is 417 g/mol. The molecule has 3 rings (SSSR count). The van der Waals surface area contributed by atoms with Crippen LogP contribution in [0.1, 0.15) is 32.6 Å². The van der Waals surface area contributed by atoms with Crippen LogP contribution in [0.25, 0.3) is 11.5 Å². The van der Waals surface area contributed by atoms with Crippen molar-refractivity contribution in [3.8, 4) is 11.5 Å². The maximum atomic E-state index is 13.4. The first-order valence-corrected chi connectivity index (χ1v) is 9.39. The molecule has 1 aliphatic rings. The van der Waals surface area contributed by atoms with Gasteiger partial charge in [0, 0.05) is 24.9 Å². The lowest BCUT2D eigenvalue weighted by molar-refractivity contribution is -0.138. The average Bonchev–Trinajstić information content (AvgIpc) is 2.62. The largest absolute Gasteiger partial charge is 0.408 e. The molecule has 1 fully saturated rings. The van der Waals surface area contributed by atoms with Crippen molar-refractivity contribution in [3.63, 3.8) is 0 Å². The number of aromatic nitrogens is 3. The molecule has 1 atom stereocenters. The Balaban J connectivity index is 1.88. The van der Waals surface area contributed by atoms with Crippen molar-refractivity contribution in [2.24, 2.45) is 0 Å². The summed E-state index contributed by atoms with van der Waals surface area (Å²) in [6.45, 7) is 0.968. The third-order valence-corrected chi connectivity index (χ3v) is 4.81. The topological polar surface area (TPSA) is 62.7 Å². The molecule has 2 N–H and O–H groups in total. The van der Waals surface area contributed by atoms with Gasteiger partial charge in [0.05, 0.1) is 0 Å². The summed E-state index contributed by atoms with van der Waals surface area (Å²) < 4.78 is 65.5. The summed E-state index contributed by atoms with van der Waals surface area (Å²) in [5.41, 5.74) is 0.277. The van der Waals surface area contributed by atoms with Gasteiger partial charge in [0.2, 0.25) is 5.92 Å². The fourth-order valence-corrected chi connectivity index (χ4v) is 3.10. The predicted octanol–water partition coefficient (Wildman–Crippen LogP) is 5.54. The van der Waals surface area contributed by atoms with Crippen molar-refractivity contribution in [3.05, 3.63) is 29.4 Å². The van der Waals surface area contributed by atoms with Crippen LogP contribution in [0.5, 0.6) is 0 Å². The van der Waals surface area contributed by atoms with Crippen LogP contribution in [-0.2, 0) is 0 Å². The number of pyridine rings is 1. The monoisotopic (exact) mass is 435 g/mol. The minimum Gasteiger partial charge on any atom is -0.367 e. The standard InChI is InChI=1S/C18H19ClF5N5/c1-10(18(22,23)24)25-14-9-15(26-11-5-7-17(20,21)8-6-11)29-16(28-14)12-3-2-4-13(19)27-12/h2-4,9-11H,5-8H2,1H3,(H2,25,26,28,29). The van der Waals surface area contributed by atoms with E-state index in [-0.39, 0.29) is 60.0 Å². The van der Waals surface area contributed by atoms with E-state index in [1.165, 1.54) is 6.07 Å². The van der Waals surface area contributed by atoms with Gasteiger partial charge >= 0.3 is 6.18 Å². The van der Waals surface area contributed by atoms with Gasteiger partial charge < -0.3 is 10.6 Å². The van der Waals surface area contributed by atoms with E-state index < -0.39 is 18.1 Å². The van der Waals surface area contributed by atoms with Crippen molar-refractivity contribution < 1.29 is 22.0 Å². The SMILES string of the molecule is CC(Nc1cc(NC2CCC(F)(F)CC2)nc(-c2cccc(Cl)n2)n1)C(F)(F)F. The highest BCUT2D eigenvalue weighted by Gasteiger charge is 2.37. The quantitative estimate of drug-likeness (QED) is 0.476. The summed E-state index contributed by atoms with van der Waals surface area (Å²) in [5.74, 6) is -2.46. The molecule has 0 bridgehead atoms. The molecule has 0 spiro atoms. The number of halogens is 6. The lowest BCUT2D eigenvalue weighted by Gasteiger charge is -2.29. The molecule has 1 saturated carbocycles. The summed E-state index contributed by atoms with van der Waals surface area (Å²) in [6.07, 6.45) is -4.53. The number of anilines is 2. The van der Waals surface area contributed by atoms with Crippen LogP contribution < -0.4 is 10.6 Å². The second-order valence-corrected chi connectivity index (χ2v) is 7.38. The highest BCUT2D eigenvalue weighted by Crippen LogP contribution is 2.34. The number of hydrogen-bond acceptors (Lipinski definition) is 5. The predicted molar refractivity (Wildman–Crippen MR) is 100 cm³/mol. The first-order chi connectivity index (χ1) is 13.5. The zero-order valence-electron chi connectivity index (χ0n) is 15.4. The van der Waals surface area contributed by atoms with Crippen LogP contribution in [0.3, 0.4) is 0 Å². The molecule has 2 aromatic heterocycles. The number of alkyl halides is 5. The normalized spacial score (nSPS) is 18.3. The number of nitrogens with zero attached hydrogens (tertiary/aromatic N) is 3. The van der Waals surface area contributed by atoms with Gasteiger partial charge in [0.15, 0.2) is 5.82 Å². The Kier molecular flexibility index (Phi) is 6.11. The van der Waals surface area contributed by atoms with Crippen LogP contribution in [0.15, 0.2) is 24.3 Å². The molecule has 0 aliphatic heterocycles. The maximum absolute atomic E-state index is 13.4. The molecule has 0 radical (unpaired) electrons. The van der Waals surface area contributed by atoms with Gasteiger partial charge in [0.25, 0.3) is 0 Å². The van der Waals surface area contributed by atoms with E-state index in [4.69, 9.17) is 11.6 Å². The Bertz CT molecular complexity index is 851. The summed E-state index contributed by atoms with van der Waals surface area (Å²) in [4.78, 5) is 12.5. The minimum absolute atomic E-state index is 0.0646. The van der Waals surface area contributed by atoms with Crippen LogP contribution in [0, 0.1) is 0 Å². The van der Waals surface area contributed by atoms with E-state index >= 15 is 0 Å². The Hall–Kier alpha value is -2.23. The average molecular weight is 436 g/mol. The van der Waals surface area contributed by atoms with Gasteiger partial charge in [-0.15, -0.1) is 0 Å². The summed E-state index contributed by atoms with van der Waals surface area (Å²) >= 11 is 5.88. The molecule has 2 aromatic rings. The summed E-state index contributed by atoms with van der Waals surface area (Å²) in [6, 6.07) is 3.94. The summed E-state index contributed by atoms with van der Waals surface area (Å²) in [7, 11) is 0. The Morgan fingerprint density at radius 3 is 2.38 bits per heavy atom. The fraction of sp³-hybridized carbons (Fsp3) is 0.500. The van der Waals surface area contributed by atoms with Crippen LogP contribution >= 0.6 is 11.6 Å². The van der Waals surface area contributed by atoms with Gasteiger partial charge in [-0.2, -0.15) is 13.2 Å². The van der Waals surface area contributed by atoms with Crippen molar-refractivity contribution in [1.29, 1.82) is 0 Å². The van der Waals surface area contributed by atoms with E-state index in [1.54, 1.807) is 18.2 Å². The van der Waals surface area contributed by atoms with E-state index in [1.807, 2.05) is 0 Å². The van der Waals surface area contributed by atoms with Gasteiger partial charge in [-0.1, -0.05) is 17.7 Å². The molecule has 0 aromatic carbocycles. The van der Waals surface area contributed by atoms with E-state index in [2.05, 4.69) is 25.6 Å². The highest BCUT2D eigenvalue weighted by atomic mass is 35.5. The first kappa shape index (κ1) is 21.5. The zero-order valence-corrected chi connectivity index (χ0v) is 16.2. The lowest BCUT2D eigenvalue weighted by Crippen LogP contribution is -2.34. The fourth-order valence-electron chi connectivity index (χ4n) is 2.94. The zero-order chi connectivity index (χ0) is 21.2. The van der Waals surface area contributed by atoms with E-state index in [0.29, 0.717) is 0 Å². The molecule has 0 amide bonds. The highest BCUT2D eigenvalue weighted by molar-refractivity contribution is 6.29. The second kappa shape index (κ2) is 8.25. The second-order valence-electron chi connectivity index (χ2n) is 6.99. The smallest absolute Gasteiger partial charge is 0.367 e. The Morgan fingerprint density at radius 1 is 1.10 bits per heavy atom. The number of nitrogens with one attached hydrogen (secondary N) is 2. The molecule has 1 unspecified atom stereocenters. The minimum atomic E-state index is -4.47. The molecule has 11 heteroatoms. The maximum Gasteiger partial charge on any atom is 0.408 e. The van der Waals surface area contributed by atoms with Gasteiger partial charge in [-0.05, 0) is 31.9 Å². The van der Waals surface area contributed by atoms with E-state index in [0.717, 1.165) is 6.92 Å². The molecule has 1 aliphatic carbocycles. The molecule has 29 heavy (non-hydrogen) atoms. The van der Waals surface area contributed by atoms with Crippen molar-refractivity contribution >= 4 is 23.2 Å². The van der Waals surface area contributed by atoms with Crippen molar-refractivity contribution in [2.75, 3.05) is 10.6 Å². The van der Waals surface area contributed by atoms with Crippen LogP contribution in [0.2, 0.25) is 5.15 Å². The van der Waals surface area contributed by atoms with Gasteiger partial charge in [0.1, 0.15) is 28.5 Å². The molecule has 0 saturated heterocycles. The molecule has 5 nitrogen and oxygen atoms in total. The lowest BCUT2D eigenvalue weighted by atomic mass is 9.92. The van der Waals surface area contributed by atoms with Crippen molar-refractivity contribution in [2.45, 2.75) is 56.8 Å². The van der Waals surface area contributed by atoms with E-state index in [9.17, 15) is 22.0 Å². The molecular formula is C18H19ClF5N5. The molecule has 158 valence electrons. The van der Waals surface area contributed by atoms with Crippen LogP contribution in [-0.4, -0.2) is 39.1 Å². The summed E-state index contributed by atoms with van der Waals surface area (Å²) in [5, 5.41) is 5.51. The van der Waals surface area contributed by atoms with Gasteiger partial charge in [-0.25, -0.2) is 23.7 Å². The molecule has 2 heterocycles. The van der Waals surface area contributed by atoms with Gasteiger partial charge in [-0.3, -0.25) is 0 Å². The van der Waals surface area contributed by atoms with Crippen molar-refractivity contribution in [1.82, 2.24) is 15.0 Å². The number of rotatable bonds is 5. The third-order valence-electron chi connectivity index (χ3n) is 4.59. The van der Waals surface area contributed by atoms with Crippen LogP contribution in [0.4, 0.5) is 33.6 Å². The Morgan fingerprint density at radius 2 is 1.76 bits per heavy atom. The number of hydrogen-bond donors (Lipinski definition) is 2. The first-order valence-electron chi connectivity index (χ1n) is 9.01. The third kappa shape index (κ3) is 5.88. The Labute approximate surface area is 169 Å².